The van der Waals surface area contributed by atoms with Gasteiger partial charge in [0.2, 0.25) is 5.78 Å². The first-order valence-corrected chi connectivity index (χ1v) is 7.56. The van der Waals surface area contributed by atoms with E-state index in [2.05, 4.69) is 0 Å². The molecular weight excluding hydrogens is 288 g/mol. The minimum atomic E-state index is -0.993. The van der Waals surface area contributed by atoms with Gasteiger partial charge in [-0.25, -0.2) is 0 Å². The van der Waals surface area contributed by atoms with E-state index in [0.29, 0.717) is 28.8 Å². The molecule has 0 aliphatic carbocycles. The third-order valence-corrected chi connectivity index (χ3v) is 4.15. The van der Waals surface area contributed by atoms with Gasteiger partial charge in [0.1, 0.15) is 5.75 Å². The summed E-state index contributed by atoms with van der Waals surface area (Å²) in [7, 11) is 0. The number of aliphatic carboxylic acids is 1. The lowest BCUT2D eigenvalue weighted by Gasteiger charge is -2.14. The van der Waals surface area contributed by atoms with Crippen LogP contribution in [0, 0.1) is 0 Å². The number of rotatable bonds is 6. The van der Waals surface area contributed by atoms with Crippen LogP contribution in [-0.2, 0) is 4.79 Å². The van der Waals surface area contributed by atoms with Crippen LogP contribution in [0.1, 0.15) is 46.5 Å². The Morgan fingerprint density at radius 1 is 1.29 bits per heavy atom. The highest BCUT2D eigenvalue weighted by molar-refractivity contribution is 7.12. The maximum absolute atomic E-state index is 12.3. The van der Waals surface area contributed by atoms with E-state index in [9.17, 15) is 19.8 Å². The minimum absolute atomic E-state index is 0.0846. The molecule has 0 saturated carbocycles. The maximum Gasteiger partial charge on any atom is 0.311 e. The molecule has 1 aromatic carbocycles. The number of phenols is 1. The third kappa shape index (κ3) is 3.31. The first-order valence-electron chi connectivity index (χ1n) is 6.68. The number of carboxylic acids is 1. The van der Waals surface area contributed by atoms with E-state index in [1.165, 1.54) is 29.5 Å². The van der Waals surface area contributed by atoms with Crippen LogP contribution >= 0.6 is 11.3 Å². The Morgan fingerprint density at radius 3 is 2.62 bits per heavy atom. The van der Waals surface area contributed by atoms with Crippen LogP contribution in [0.3, 0.4) is 0 Å². The van der Waals surface area contributed by atoms with Gasteiger partial charge in [0.25, 0.3) is 0 Å². The van der Waals surface area contributed by atoms with Crippen molar-refractivity contribution in [2.75, 3.05) is 0 Å². The lowest BCUT2D eigenvalue weighted by atomic mass is 9.91. The molecule has 110 valence electrons. The maximum atomic E-state index is 12.3. The molecule has 0 aliphatic heterocycles. The fourth-order valence-corrected chi connectivity index (χ4v) is 2.91. The van der Waals surface area contributed by atoms with Gasteiger partial charge >= 0.3 is 5.97 Å². The number of phenolic OH excluding ortho intramolecular Hbond substituents is 1. The molecule has 2 N–H and O–H groups in total. The van der Waals surface area contributed by atoms with Crippen LogP contribution < -0.4 is 0 Å². The summed E-state index contributed by atoms with van der Waals surface area (Å²) in [6, 6.07) is 7.91. The Morgan fingerprint density at radius 2 is 2.05 bits per heavy atom. The average Bonchev–Trinajstić information content (AvgIpc) is 2.99. The van der Waals surface area contributed by atoms with Crippen LogP contribution in [0.25, 0.3) is 0 Å². The van der Waals surface area contributed by atoms with Crippen molar-refractivity contribution in [3.63, 3.8) is 0 Å². The lowest BCUT2D eigenvalue weighted by molar-refractivity contribution is -0.139. The molecule has 1 unspecified atom stereocenters. The molecule has 1 aromatic heterocycles. The number of carbonyl (C=O) groups is 2. The Kier molecular flexibility index (Phi) is 4.75. The van der Waals surface area contributed by atoms with E-state index in [0.717, 1.165) is 0 Å². The summed E-state index contributed by atoms with van der Waals surface area (Å²) in [5.74, 6) is -2.04. The van der Waals surface area contributed by atoms with Gasteiger partial charge in [-0.15, -0.1) is 11.3 Å². The Balaban J connectivity index is 2.41. The summed E-state index contributed by atoms with van der Waals surface area (Å²) in [6.45, 7) is 1.88. The summed E-state index contributed by atoms with van der Waals surface area (Å²) in [5.41, 5.74) is 0.694. The molecule has 1 heterocycles. The molecule has 0 bridgehead atoms. The topological polar surface area (TPSA) is 74.6 Å². The molecule has 5 heteroatoms. The molecule has 2 rings (SSSR count). The zero-order valence-electron chi connectivity index (χ0n) is 11.6. The first kappa shape index (κ1) is 15.3. The molecule has 2 aromatic rings. The number of benzene rings is 1. The number of hydrogen-bond donors (Lipinski definition) is 2. The number of carbonyl (C=O) groups excluding carboxylic acids is 1. The Labute approximate surface area is 126 Å². The largest absolute Gasteiger partial charge is 0.508 e. The molecule has 0 amide bonds. The molecule has 1 atom stereocenters. The van der Waals surface area contributed by atoms with Gasteiger partial charge in [0, 0.05) is 11.1 Å². The van der Waals surface area contributed by atoms with Crippen molar-refractivity contribution >= 4 is 23.1 Å². The van der Waals surface area contributed by atoms with Crippen molar-refractivity contribution in [3.05, 3.63) is 51.7 Å². The van der Waals surface area contributed by atoms with Crippen molar-refractivity contribution in [1.82, 2.24) is 0 Å². The molecule has 0 radical (unpaired) electrons. The summed E-state index contributed by atoms with van der Waals surface area (Å²) >= 11 is 1.33. The smallest absolute Gasteiger partial charge is 0.311 e. The van der Waals surface area contributed by atoms with Crippen molar-refractivity contribution in [2.24, 2.45) is 0 Å². The molecule has 21 heavy (non-hydrogen) atoms. The third-order valence-electron chi connectivity index (χ3n) is 3.29. The van der Waals surface area contributed by atoms with Crippen LogP contribution in [0.4, 0.5) is 0 Å². The highest BCUT2D eigenvalue weighted by atomic mass is 32.1. The predicted molar refractivity (Wildman–Crippen MR) is 81.1 cm³/mol. The SMILES string of the molecule is CCCC(C(=O)O)c1cc(C(=O)c2cccs2)ccc1O. The van der Waals surface area contributed by atoms with Gasteiger partial charge in [0.15, 0.2) is 0 Å². The number of thiophene rings is 1. The lowest BCUT2D eigenvalue weighted by Crippen LogP contribution is -2.12. The van der Waals surface area contributed by atoms with Crippen molar-refractivity contribution in [3.8, 4) is 5.75 Å². The minimum Gasteiger partial charge on any atom is -0.508 e. The molecule has 0 fully saturated rings. The second-order valence-corrected chi connectivity index (χ2v) is 5.71. The summed E-state index contributed by atoms with van der Waals surface area (Å²) in [5, 5.41) is 21.0. The molecule has 4 nitrogen and oxygen atoms in total. The van der Waals surface area contributed by atoms with Crippen molar-refractivity contribution < 1.29 is 19.8 Å². The van der Waals surface area contributed by atoms with Gasteiger partial charge < -0.3 is 10.2 Å². The van der Waals surface area contributed by atoms with Gasteiger partial charge in [-0.2, -0.15) is 0 Å². The quantitative estimate of drug-likeness (QED) is 0.799. The Hall–Kier alpha value is -2.14. The number of hydrogen-bond acceptors (Lipinski definition) is 4. The fourth-order valence-electron chi connectivity index (χ4n) is 2.23. The van der Waals surface area contributed by atoms with Gasteiger partial charge in [-0.3, -0.25) is 9.59 Å². The van der Waals surface area contributed by atoms with E-state index in [-0.39, 0.29) is 11.5 Å². The first-order chi connectivity index (χ1) is 10.0. The monoisotopic (exact) mass is 304 g/mol. The number of ketones is 1. The highest BCUT2D eigenvalue weighted by Gasteiger charge is 2.23. The summed E-state index contributed by atoms with van der Waals surface area (Å²) in [4.78, 5) is 24.3. The van der Waals surface area contributed by atoms with Crippen molar-refractivity contribution in [1.29, 1.82) is 0 Å². The van der Waals surface area contributed by atoms with Crippen LogP contribution in [0.5, 0.6) is 5.75 Å². The van der Waals surface area contributed by atoms with Crippen LogP contribution in [-0.4, -0.2) is 22.0 Å². The van der Waals surface area contributed by atoms with Gasteiger partial charge in [0.05, 0.1) is 10.8 Å². The molecule has 0 aliphatic rings. The van der Waals surface area contributed by atoms with E-state index >= 15 is 0 Å². The normalized spacial score (nSPS) is 12.0. The standard InChI is InChI=1S/C16H16O4S/c1-2-4-11(16(19)20)12-9-10(6-7-13(12)17)15(18)14-5-3-8-21-14/h3,5-9,11,17H,2,4H2,1H3,(H,19,20). The zero-order chi connectivity index (χ0) is 15.4. The highest BCUT2D eigenvalue weighted by Crippen LogP contribution is 2.31. The van der Waals surface area contributed by atoms with Gasteiger partial charge in [-0.05, 0) is 36.1 Å². The number of carboxylic acid groups (broad SMARTS) is 1. The molecule has 0 spiro atoms. The van der Waals surface area contributed by atoms with Crippen LogP contribution in [0.15, 0.2) is 35.7 Å². The van der Waals surface area contributed by atoms with E-state index in [1.807, 2.05) is 12.3 Å². The second-order valence-electron chi connectivity index (χ2n) is 4.76. The van der Waals surface area contributed by atoms with Crippen LogP contribution in [0.2, 0.25) is 0 Å². The average molecular weight is 304 g/mol. The molecule has 0 saturated heterocycles. The van der Waals surface area contributed by atoms with E-state index < -0.39 is 11.9 Å². The zero-order valence-corrected chi connectivity index (χ0v) is 12.4. The van der Waals surface area contributed by atoms with E-state index in [1.54, 1.807) is 12.1 Å². The Bertz CT molecular complexity index is 646. The second kappa shape index (κ2) is 6.54. The van der Waals surface area contributed by atoms with Gasteiger partial charge in [-0.1, -0.05) is 19.4 Å². The summed E-state index contributed by atoms with van der Waals surface area (Å²) in [6.07, 6.45) is 1.10. The number of aromatic hydroxyl groups is 1. The summed E-state index contributed by atoms with van der Waals surface area (Å²) < 4.78 is 0. The van der Waals surface area contributed by atoms with Crippen molar-refractivity contribution in [2.45, 2.75) is 25.7 Å². The fraction of sp³-hybridized carbons (Fsp3) is 0.250. The predicted octanol–water partition coefficient (Wildman–Crippen LogP) is 3.65. The molecular formula is C16H16O4S. The van der Waals surface area contributed by atoms with E-state index in [4.69, 9.17) is 0 Å².